The zero-order valence-electron chi connectivity index (χ0n) is 13.1. The molecule has 0 unspecified atom stereocenters. The second-order valence-corrected chi connectivity index (χ2v) is 5.88. The van der Waals surface area contributed by atoms with Crippen LogP contribution in [0.2, 0.25) is 0 Å². The van der Waals surface area contributed by atoms with Gasteiger partial charge in [0.1, 0.15) is 12.4 Å². The standard InChI is InChI=1S/C20H22O2/c1-2-7-17-19(22-14-15-8-4-3-5-9-15)13-12-16-10-6-11-18(21)20(16)17/h3-5,8-9,12-13H,2,6-7,10-11,14H2,1H3. The van der Waals surface area contributed by atoms with Crippen molar-refractivity contribution in [2.24, 2.45) is 0 Å². The Balaban J connectivity index is 1.90. The molecule has 1 aliphatic carbocycles. The molecule has 0 aliphatic heterocycles. The predicted octanol–water partition coefficient (Wildman–Crippen LogP) is 4.74. The van der Waals surface area contributed by atoms with Crippen LogP contribution in [-0.4, -0.2) is 5.78 Å². The molecule has 0 saturated carbocycles. The second-order valence-electron chi connectivity index (χ2n) is 5.88. The molecule has 114 valence electrons. The van der Waals surface area contributed by atoms with E-state index in [-0.39, 0.29) is 5.78 Å². The van der Waals surface area contributed by atoms with Crippen molar-refractivity contribution >= 4 is 5.78 Å². The molecule has 2 aromatic carbocycles. The van der Waals surface area contributed by atoms with E-state index >= 15 is 0 Å². The highest BCUT2D eigenvalue weighted by Gasteiger charge is 2.23. The maximum absolute atomic E-state index is 12.4. The van der Waals surface area contributed by atoms with Crippen LogP contribution in [0.5, 0.6) is 5.75 Å². The lowest BCUT2D eigenvalue weighted by Gasteiger charge is -2.21. The number of ether oxygens (including phenoxy) is 1. The molecule has 2 nitrogen and oxygen atoms in total. The van der Waals surface area contributed by atoms with Gasteiger partial charge >= 0.3 is 0 Å². The number of carbonyl (C=O) groups is 1. The minimum absolute atomic E-state index is 0.287. The van der Waals surface area contributed by atoms with Gasteiger partial charge in [0.05, 0.1) is 0 Å². The summed E-state index contributed by atoms with van der Waals surface area (Å²) >= 11 is 0. The van der Waals surface area contributed by atoms with Crippen molar-refractivity contribution in [2.45, 2.75) is 45.6 Å². The van der Waals surface area contributed by atoms with E-state index in [0.717, 1.165) is 48.1 Å². The summed E-state index contributed by atoms with van der Waals surface area (Å²) in [5.41, 5.74) is 4.40. The molecular weight excluding hydrogens is 272 g/mol. The number of aryl methyl sites for hydroxylation is 1. The van der Waals surface area contributed by atoms with Crippen molar-refractivity contribution in [3.8, 4) is 5.75 Å². The van der Waals surface area contributed by atoms with Gasteiger partial charge in [-0.2, -0.15) is 0 Å². The van der Waals surface area contributed by atoms with Crippen molar-refractivity contribution in [3.63, 3.8) is 0 Å². The Kier molecular flexibility index (Phi) is 4.57. The maximum atomic E-state index is 12.4. The van der Waals surface area contributed by atoms with Gasteiger partial charge in [0.25, 0.3) is 0 Å². The van der Waals surface area contributed by atoms with Gasteiger partial charge in [-0.25, -0.2) is 0 Å². The smallest absolute Gasteiger partial charge is 0.163 e. The molecule has 0 spiro atoms. The highest BCUT2D eigenvalue weighted by molar-refractivity contribution is 6.00. The molecule has 0 N–H and O–H groups in total. The topological polar surface area (TPSA) is 26.3 Å². The fourth-order valence-electron chi connectivity index (χ4n) is 3.17. The van der Waals surface area contributed by atoms with E-state index in [2.05, 4.69) is 25.1 Å². The number of hydrogen-bond donors (Lipinski definition) is 0. The molecule has 0 saturated heterocycles. The number of hydrogen-bond acceptors (Lipinski definition) is 2. The molecule has 22 heavy (non-hydrogen) atoms. The lowest BCUT2D eigenvalue weighted by atomic mass is 9.85. The first-order chi connectivity index (χ1) is 10.8. The van der Waals surface area contributed by atoms with E-state index in [0.29, 0.717) is 13.0 Å². The van der Waals surface area contributed by atoms with Crippen LogP contribution < -0.4 is 4.74 Å². The van der Waals surface area contributed by atoms with Crippen LogP contribution in [0.1, 0.15) is 53.2 Å². The van der Waals surface area contributed by atoms with Crippen molar-refractivity contribution < 1.29 is 9.53 Å². The van der Waals surface area contributed by atoms with Gasteiger partial charge in [-0.1, -0.05) is 49.7 Å². The number of Topliss-reactive ketones (excluding diaryl/α,β-unsaturated/α-hetero) is 1. The van der Waals surface area contributed by atoms with Crippen LogP contribution in [0.15, 0.2) is 42.5 Å². The molecule has 0 fully saturated rings. The normalized spacial score (nSPS) is 13.8. The van der Waals surface area contributed by atoms with Gasteiger partial charge in [0.15, 0.2) is 5.78 Å². The van der Waals surface area contributed by atoms with E-state index in [1.807, 2.05) is 24.3 Å². The molecule has 0 radical (unpaired) electrons. The van der Waals surface area contributed by atoms with Crippen LogP contribution in [-0.2, 0) is 19.4 Å². The Labute approximate surface area is 132 Å². The van der Waals surface area contributed by atoms with Crippen molar-refractivity contribution in [1.82, 2.24) is 0 Å². The second kappa shape index (κ2) is 6.78. The Morgan fingerprint density at radius 2 is 1.86 bits per heavy atom. The van der Waals surface area contributed by atoms with Crippen LogP contribution in [0.4, 0.5) is 0 Å². The minimum atomic E-state index is 0.287. The first-order valence-corrected chi connectivity index (χ1v) is 8.14. The number of rotatable bonds is 5. The van der Waals surface area contributed by atoms with Crippen molar-refractivity contribution in [3.05, 3.63) is 64.7 Å². The SMILES string of the molecule is CCCc1c(OCc2ccccc2)ccc2c1C(=O)CCC2. The van der Waals surface area contributed by atoms with Gasteiger partial charge in [-0.05, 0) is 36.5 Å². The van der Waals surface area contributed by atoms with Crippen LogP contribution in [0, 0.1) is 0 Å². The average molecular weight is 294 g/mol. The van der Waals surface area contributed by atoms with E-state index in [4.69, 9.17) is 4.74 Å². The highest BCUT2D eigenvalue weighted by Crippen LogP contribution is 2.32. The lowest BCUT2D eigenvalue weighted by molar-refractivity contribution is 0.0970. The lowest BCUT2D eigenvalue weighted by Crippen LogP contribution is -2.15. The molecule has 3 rings (SSSR count). The van der Waals surface area contributed by atoms with Gasteiger partial charge in [0, 0.05) is 17.5 Å². The van der Waals surface area contributed by atoms with E-state index < -0.39 is 0 Å². The molecule has 0 atom stereocenters. The highest BCUT2D eigenvalue weighted by atomic mass is 16.5. The van der Waals surface area contributed by atoms with Crippen LogP contribution >= 0.6 is 0 Å². The monoisotopic (exact) mass is 294 g/mol. The number of fused-ring (bicyclic) bond motifs is 1. The quantitative estimate of drug-likeness (QED) is 0.796. The third-order valence-corrected chi connectivity index (χ3v) is 4.22. The molecule has 0 heterocycles. The summed E-state index contributed by atoms with van der Waals surface area (Å²) in [4.78, 5) is 12.4. The average Bonchev–Trinajstić information content (AvgIpc) is 2.55. The maximum Gasteiger partial charge on any atom is 0.163 e. The first kappa shape index (κ1) is 14.8. The van der Waals surface area contributed by atoms with Crippen molar-refractivity contribution in [2.75, 3.05) is 0 Å². The minimum Gasteiger partial charge on any atom is -0.489 e. The van der Waals surface area contributed by atoms with E-state index in [1.54, 1.807) is 0 Å². The number of carbonyl (C=O) groups excluding carboxylic acids is 1. The Morgan fingerprint density at radius 3 is 2.64 bits per heavy atom. The number of ketones is 1. The van der Waals surface area contributed by atoms with Gasteiger partial charge < -0.3 is 4.74 Å². The summed E-state index contributed by atoms with van der Waals surface area (Å²) in [7, 11) is 0. The Bertz CT molecular complexity index is 659. The summed E-state index contributed by atoms with van der Waals surface area (Å²) in [6.45, 7) is 2.69. The largest absolute Gasteiger partial charge is 0.489 e. The molecule has 0 bridgehead atoms. The molecule has 1 aliphatic rings. The zero-order valence-corrected chi connectivity index (χ0v) is 13.1. The summed E-state index contributed by atoms with van der Waals surface area (Å²) in [5, 5.41) is 0. The van der Waals surface area contributed by atoms with Crippen LogP contribution in [0.25, 0.3) is 0 Å². The molecule has 2 heteroatoms. The summed E-state index contributed by atoms with van der Waals surface area (Å²) < 4.78 is 6.04. The fourth-order valence-corrected chi connectivity index (χ4v) is 3.17. The molecular formula is C20H22O2. The third-order valence-electron chi connectivity index (χ3n) is 4.22. The summed E-state index contributed by atoms with van der Waals surface area (Å²) in [5.74, 6) is 1.16. The van der Waals surface area contributed by atoms with Crippen LogP contribution in [0.3, 0.4) is 0 Å². The van der Waals surface area contributed by atoms with Gasteiger partial charge in [-0.3, -0.25) is 4.79 Å². The molecule has 2 aromatic rings. The summed E-state index contributed by atoms with van der Waals surface area (Å²) in [6.07, 6.45) is 4.58. The Morgan fingerprint density at radius 1 is 1.05 bits per heavy atom. The van der Waals surface area contributed by atoms with Gasteiger partial charge in [0.2, 0.25) is 0 Å². The molecule has 0 amide bonds. The zero-order chi connectivity index (χ0) is 15.4. The fraction of sp³-hybridized carbons (Fsp3) is 0.350. The molecule has 0 aromatic heterocycles. The van der Waals surface area contributed by atoms with E-state index in [1.165, 1.54) is 5.56 Å². The predicted molar refractivity (Wildman–Crippen MR) is 88.5 cm³/mol. The van der Waals surface area contributed by atoms with Crippen molar-refractivity contribution in [1.29, 1.82) is 0 Å². The first-order valence-electron chi connectivity index (χ1n) is 8.14. The summed E-state index contributed by atoms with van der Waals surface area (Å²) in [6, 6.07) is 14.3. The van der Waals surface area contributed by atoms with Gasteiger partial charge in [-0.15, -0.1) is 0 Å². The Hall–Kier alpha value is -2.09. The third kappa shape index (κ3) is 3.06. The van der Waals surface area contributed by atoms with E-state index in [9.17, 15) is 4.79 Å². The number of benzene rings is 2.